The van der Waals surface area contributed by atoms with Gasteiger partial charge in [-0.05, 0) is 13.8 Å². The maximum absolute atomic E-state index is 10.1. The van der Waals surface area contributed by atoms with Gasteiger partial charge in [0.1, 0.15) is 0 Å². The Morgan fingerprint density at radius 3 is 2.27 bits per heavy atom. The van der Waals surface area contributed by atoms with Crippen LogP contribution in [0.3, 0.4) is 0 Å². The van der Waals surface area contributed by atoms with Crippen LogP contribution in [0.5, 0.6) is 0 Å². The Morgan fingerprint density at radius 1 is 1.36 bits per heavy atom. The lowest BCUT2D eigenvalue weighted by Gasteiger charge is -2.07. The molecule has 0 fully saturated rings. The zero-order chi connectivity index (χ0) is 8.91. The van der Waals surface area contributed by atoms with Crippen LogP contribution in [-0.4, -0.2) is 29.1 Å². The molecule has 0 unspecified atom stereocenters. The topological polar surface area (TPSA) is 76.0 Å². The van der Waals surface area contributed by atoms with Gasteiger partial charge in [-0.3, -0.25) is 4.52 Å². The number of rotatable bonds is 5. The lowest BCUT2D eigenvalue weighted by atomic mass is 10.5. The van der Waals surface area contributed by atoms with Crippen LogP contribution in [0.2, 0.25) is 0 Å². The van der Waals surface area contributed by atoms with Crippen LogP contribution >= 0.6 is 7.82 Å². The summed E-state index contributed by atoms with van der Waals surface area (Å²) in [5.74, 6) is 0. The highest BCUT2D eigenvalue weighted by Crippen LogP contribution is 2.35. The maximum atomic E-state index is 10.1. The van der Waals surface area contributed by atoms with Crippen molar-refractivity contribution in [1.29, 1.82) is 0 Å². The van der Waals surface area contributed by atoms with E-state index < -0.39 is 7.82 Å². The molecule has 0 amide bonds. The molecule has 0 aliphatic rings. The van der Waals surface area contributed by atoms with Crippen LogP contribution in [0.4, 0.5) is 0 Å². The van der Waals surface area contributed by atoms with E-state index in [2.05, 4.69) is 4.52 Å². The van der Waals surface area contributed by atoms with Gasteiger partial charge in [0.15, 0.2) is 0 Å². The largest absolute Gasteiger partial charge is 0.469 e. The summed E-state index contributed by atoms with van der Waals surface area (Å²) in [5, 5.41) is 0. The summed E-state index contributed by atoms with van der Waals surface area (Å²) in [7, 11) is -4.31. The Balaban J connectivity index is 3.22. The maximum Gasteiger partial charge on any atom is 0.469 e. The van der Waals surface area contributed by atoms with E-state index in [0.29, 0.717) is 0 Å². The van der Waals surface area contributed by atoms with Gasteiger partial charge in [-0.2, -0.15) is 0 Å². The second-order valence-electron chi connectivity index (χ2n) is 2.24. The third kappa shape index (κ3) is 10.1. The zero-order valence-corrected chi connectivity index (χ0v) is 7.45. The highest BCUT2D eigenvalue weighted by atomic mass is 31.2. The summed E-state index contributed by atoms with van der Waals surface area (Å²) in [4.78, 5) is 16.4. The van der Waals surface area contributed by atoms with Crippen molar-refractivity contribution in [2.45, 2.75) is 20.0 Å². The van der Waals surface area contributed by atoms with E-state index >= 15 is 0 Å². The van der Waals surface area contributed by atoms with Gasteiger partial charge in [-0.1, -0.05) is 0 Å². The van der Waals surface area contributed by atoms with E-state index in [-0.39, 0.29) is 19.3 Å². The molecule has 0 aromatic carbocycles. The fraction of sp³-hybridized carbons (Fsp3) is 1.00. The first-order chi connectivity index (χ1) is 4.92. The fourth-order valence-corrected chi connectivity index (χ4v) is 0.752. The van der Waals surface area contributed by atoms with Gasteiger partial charge in [-0.15, -0.1) is 0 Å². The van der Waals surface area contributed by atoms with Crippen molar-refractivity contribution < 1.29 is 23.6 Å². The van der Waals surface area contributed by atoms with E-state index in [1.54, 1.807) is 0 Å². The Morgan fingerprint density at radius 2 is 1.91 bits per heavy atom. The minimum atomic E-state index is -4.31. The van der Waals surface area contributed by atoms with Crippen molar-refractivity contribution in [3.63, 3.8) is 0 Å². The van der Waals surface area contributed by atoms with Crippen LogP contribution in [0.15, 0.2) is 0 Å². The van der Waals surface area contributed by atoms with Crippen LogP contribution in [0.25, 0.3) is 0 Å². The van der Waals surface area contributed by atoms with Gasteiger partial charge in [0.05, 0.1) is 19.3 Å². The summed E-state index contributed by atoms with van der Waals surface area (Å²) in [5.41, 5.74) is 0. The molecule has 0 atom stereocenters. The van der Waals surface area contributed by atoms with Crippen molar-refractivity contribution in [1.82, 2.24) is 0 Å². The van der Waals surface area contributed by atoms with Crippen molar-refractivity contribution in [2.24, 2.45) is 0 Å². The molecule has 0 aromatic rings. The van der Waals surface area contributed by atoms with Gasteiger partial charge in [0.2, 0.25) is 0 Å². The summed E-state index contributed by atoms with van der Waals surface area (Å²) in [6.07, 6.45) is 0.0513. The Labute approximate surface area is 65.6 Å². The number of ether oxygens (including phenoxy) is 1. The fourth-order valence-electron chi connectivity index (χ4n) is 0.440. The number of phosphoric acid groups is 1. The molecule has 0 saturated carbocycles. The van der Waals surface area contributed by atoms with E-state index in [1.807, 2.05) is 13.8 Å². The number of hydrogen-bond donors (Lipinski definition) is 2. The molecule has 0 heterocycles. The summed E-state index contributed by atoms with van der Waals surface area (Å²) in [6.45, 7) is 3.78. The van der Waals surface area contributed by atoms with Crippen molar-refractivity contribution >= 4 is 7.82 Å². The van der Waals surface area contributed by atoms with Crippen molar-refractivity contribution in [3.05, 3.63) is 0 Å². The van der Waals surface area contributed by atoms with E-state index in [1.165, 1.54) is 0 Å². The van der Waals surface area contributed by atoms with Crippen molar-refractivity contribution in [3.8, 4) is 0 Å². The smallest absolute Gasteiger partial charge is 0.376 e. The van der Waals surface area contributed by atoms with Crippen LogP contribution in [0, 0.1) is 0 Å². The van der Waals surface area contributed by atoms with Crippen LogP contribution < -0.4 is 0 Å². The molecule has 0 aromatic heterocycles. The minimum Gasteiger partial charge on any atom is -0.376 e. The lowest BCUT2D eigenvalue weighted by Crippen LogP contribution is -2.08. The number of phosphoric ester groups is 1. The summed E-state index contributed by atoms with van der Waals surface area (Å²) >= 11 is 0. The molecule has 0 aliphatic carbocycles. The molecule has 0 bridgehead atoms. The molecule has 6 heteroatoms. The average molecular weight is 184 g/mol. The van der Waals surface area contributed by atoms with Gasteiger partial charge in [0.25, 0.3) is 0 Å². The van der Waals surface area contributed by atoms with Crippen molar-refractivity contribution in [2.75, 3.05) is 13.2 Å². The summed E-state index contributed by atoms with van der Waals surface area (Å²) in [6, 6.07) is 0. The van der Waals surface area contributed by atoms with Gasteiger partial charge in [-0.25, -0.2) is 4.57 Å². The van der Waals surface area contributed by atoms with Crippen LogP contribution in [-0.2, 0) is 13.8 Å². The molecule has 5 nitrogen and oxygen atoms in total. The molecule has 0 saturated heterocycles. The molecule has 0 rings (SSSR count). The average Bonchev–Trinajstić information content (AvgIpc) is 1.78. The predicted molar refractivity (Wildman–Crippen MR) is 39.1 cm³/mol. The first-order valence-electron chi connectivity index (χ1n) is 3.23. The monoisotopic (exact) mass is 184 g/mol. The van der Waals surface area contributed by atoms with Crippen LogP contribution in [0.1, 0.15) is 13.8 Å². The molecule has 2 N–H and O–H groups in total. The Hall–Kier alpha value is 0.0700. The number of hydrogen-bond acceptors (Lipinski definition) is 3. The van der Waals surface area contributed by atoms with Gasteiger partial charge in [0, 0.05) is 0 Å². The molecular formula is C5H13O5P. The quantitative estimate of drug-likeness (QED) is 0.481. The second kappa shape index (κ2) is 4.85. The third-order valence-corrected chi connectivity index (χ3v) is 1.31. The molecular weight excluding hydrogens is 171 g/mol. The molecule has 0 radical (unpaired) electrons. The first kappa shape index (κ1) is 11.1. The minimum absolute atomic E-state index is 0.0513. The van der Waals surface area contributed by atoms with E-state index in [4.69, 9.17) is 14.5 Å². The molecule has 11 heavy (non-hydrogen) atoms. The molecule has 0 aliphatic heterocycles. The van der Waals surface area contributed by atoms with E-state index in [9.17, 15) is 4.57 Å². The summed E-state index contributed by atoms with van der Waals surface area (Å²) < 4.78 is 19.2. The predicted octanol–water partition coefficient (Wildman–Crippen LogP) is 0.521. The van der Waals surface area contributed by atoms with Gasteiger partial charge >= 0.3 is 7.82 Å². The van der Waals surface area contributed by atoms with Gasteiger partial charge < -0.3 is 14.5 Å². The SMILES string of the molecule is CC(C)OCCOP(=O)(O)O. The molecule has 0 spiro atoms. The zero-order valence-electron chi connectivity index (χ0n) is 6.56. The first-order valence-corrected chi connectivity index (χ1v) is 4.76. The second-order valence-corrected chi connectivity index (χ2v) is 3.48. The third-order valence-electron chi connectivity index (χ3n) is 0.794. The Bertz CT molecular complexity index is 140. The Kier molecular flexibility index (Phi) is 4.88. The highest BCUT2D eigenvalue weighted by Gasteiger charge is 2.12. The highest BCUT2D eigenvalue weighted by molar-refractivity contribution is 7.46. The normalized spacial score (nSPS) is 12.5. The standard InChI is InChI=1S/C5H13O5P/c1-5(2)9-3-4-10-11(6,7)8/h5H,3-4H2,1-2H3,(H2,6,7,8). The molecule has 68 valence electrons. The van der Waals surface area contributed by atoms with E-state index in [0.717, 1.165) is 0 Å². The lowest BCUT2D eigenvalue weighted by molar-refractivity contribution is 0.0469.